The molecule has 0 bridgehead atoms. The van der Waals surface area contributed by atoms with E-state index in [1.54, 1.807) is 0 Å². The first kappa shape index (κ1) is 9.96. The summed E-state index contributed by atoms with van der Waals surface area (Å²) >= 11 is 1.98. The van der Waals surface area contributed by atoms with Gasteiger partial charge in [-0.25, -0.2) is 0 Å². The summed E-state index contributed by atoms with van der Waals surface area (Å²) in [6.07, 6.45) is 5.72. The maximum Gasteiger partial charge on any atom is 0.160 e. The highest BCUT2D eigenvalue weighted by molar-refractivity contribution is 7.99. The quantitative estimate of drug-likeness (QED) is 0.822. The molecule has 0 aliphatic carbocycles. The van der Waals surface area contributed by atoms with E-state index in [1.165, 1.54) is 25.0 Å². The van der Waals surface area contributed by atoms with Gasteiger partial charge in [0.05, 0.1) is 5.25 Å². The predicted octanol–water partition coefficient (Wildman–Crippen LogP) is 2.27. The fourth-order valence-corrected chi connectivity index (χ4v) is 3.39. The second-order valence-electron chi connectivity index (χ2n) is 4.10. The van der Waals surface area contributed by atoms with Gasteiger partial charge in [0.1, 0.15) is 0 Å². The Labute approximate surface area is 98.2 Å². The van der Waals surface area contributed by atoms with Gasteiger partial charge < -0.3 is 5.73 Å². The molecule has 1 aliphatic rings. The smallest absolute Gasteiger partial charge is 0.160 e. The zero-order valence-electron chi connectivity index (χ0n) is 8.97. The Bertz CT molecular complexity index is 502. The summed E-state index contributed by atoms with van der Waals surface area (Å²) in [5, 5.41) is 8.95. The molecular weight excluding hydrogens is 220 g/mol. The van der Waals surface area contributed by atoms with Crippen LogP contribution in [0, 0.1) is 0 Å². The van der Waals surface area contributed by atoms with E-state index >= 15 is 0 Å². The molecule has 5 heteroatoms. The lowest BCUT2D eigenvalue weighted by Crippen LogP contribution is -2.06. The van der Waals surface area contributed by atoms with Crippen LogP contribution in [-0.2, 0) is 0 Å². The van der Waals surface area contributed by atoms with Crippen LogP contribution in [0.25, 0.3) is 5.65 Å². The first-order valence-corrected chi connectivity index (χ1v) is 6.61. The number of nitrogens with zero attached hydrogens (tertiary/aromatic N) is 3. The number of fused-ring (bicyclic) bond motifs is 1. The van der Waals surface area contributed by atoms with E-state index in [-0.39, 0.29) is 0 Å². The van der Waals surface area contributed by atoms with Crippen molar-refractivity contribution in [2.75, 3.05) is 11.5 Å². The number of rotatable bonds is 1. The average molecular weight is 234 g/mol. The molecule has 16 heavy (non-hydrogen) atoms. The summed E-state index contributed by atoms with van der Waals surface area (Å²) in [5.74, 6) is 2.27. The number of nitrogen functional groups attached to an aromatic ring is 1. The van der Waals surface area contributed by atoms with E-state index in [4.69, 9.17) is 5.73 Å². The van der Waals surface area contributed by atoms with E-state index in [9.17, 15) is 0 Å². The van der Waals surface area contributed by atoms with Crippen molar-refractivity contribution in [2.45, 2.75) is 24.5 Å². The van der Waals surface area contributed by atoms with E-state index in [2.05, 4.69) is 10.2 Å². The van der Waals surface area contributed by atoms with Gasteiger partial charge in [0, 0.05) is 11.9 Å². The third kappa shape index (κ3) is 1.65. The Hall–Kier alpha value is -1.23. The fourth-order valence-electron chi connectivity index (χ4n) is 2.09. The summed E-state index contributed by atoms with van der Waals surface area (Å²) in [5.41, 5.74) is 7.44. The summed E-state index contributed by atoms with van der Waals surface area (Å²) in [7, 11) is 0. The molecular formula is C11H14N4S. The average Bonchev–Trinajstić information content (AvgIpc) is 2.73. The largest absolute Gasteiger partial charge is 0.398 e. The molecule has 0 aromatic carbocycles. The van der Waals surface area contributed by atoms with Crippen LogP contribution >= 0.6 is 11.8 Å². The SMILES string of the molecule is Nc1ccc2nnc(C3CCCCS3)n2c1. The van der Waals surface area contributed by atoms with Crippen molar-refractivity contribution in [3.05, 3.63) is 24.2 Å². The molecule has 3 rings (SSSR count). The highest BCUT2D eigenvalue weighted by Gasteiger charge is 2.21. The van der Waals surface area contributed by atoms with Crippen LogP contribution in [0.15, 0.2) is 18.3 Å². The second-order valence-corrected chi connectivity index (χ2v) is 5.41. The van der Waals surface area contributed by atoms with Crippen molar-refractivity contribution >= 4 is 23.1 Å². The van der Waals surface area contributed by atoms with Gasteiger partial charge in [0.25, 0.3) is 0 Å². The van der Waals surface area contributed by atoms with E-state index in [0.717, 1.165) is 17.2 Å². The molecule has 0 amide bonds. The van der Waals surface area contributed by atoms with Gasteiger partial charge in [0.2, 0.25) is 0 Å². The molecule has 1 aliphatic heterocycles. The van der Waals surface area contributed by atoms with E-state index in [0.29, 0.717) is 5.25 Å². The first-order chi connectivity index (χ1) is 7.84. The van der Waals surface area contributed by atoms with Gasteiger partial charge in [-0.15, -0.1) is 10.2 Å². The zero-order valence-corrected chi connectivity index (χ0v) is 9.78. The molecule has 0 radical (unpaired) electrons. The number of aromatic nitrogens is 3. The Morgan fingerprint density at radius 1 is 1.31 bits per heavy atom. The molecule has 3 heterocycles. The normalized spacial score (nSPS) is 21.4. The zero-order chi connectivity index (χ0) is 11.0. The van der Waals surface area contributed by atoms with Crippen molar-refractivity contribution < 1.29 is 0 Å². The van der Waals surface area contributed by atoms with Crippen molar-refractivity contribution in [3.8, 4) is 0 Å². The maximum atomic E-state index is 5.80. The molecule has 1 saturated heterocycles. The minimum atomic E-state index is 0.477. The molecule has 1 atom stereocenters. The van der Waals surface area contributed by atoms with Gasteiger partial charge in [0.15, 0.2) is 11.5 Å². The van der Waals surface area contributed by atoms with Crippen LogP contribution in [0.4, 0.5) is 5.69 Å². The minimum Gasteiger partial charge on any atom is -0.398 e. The van der Waals surface area contributed by atoms with Gasteiger partial charge in [-0.3, -0.25) is 4.40 Å². The van der Waals surface area contributed by atoms with Crippen LogP contribution in [0.3, 0.4) is 0 Å². The number of nitrogens with two attached hydrogens (primary N) is 1. The highest BCUT2D eigenvalue weighted by atomic mass is 32.2. The molecule has 2 aromatic rings. The summed E-state index contributed by atoms with van der Waals surface area (Å²) in [6, 6.07) is 3.78. The number of thioether (sulfide) groups is 1. The molecule has 1 unspecified atom stereocenters. The molecule has 4 nitrogen and oxygen atoms in total. The van der Waals surface area contributed by atoms with Crippen LogP contribution in [0.2, 0.25) is 0 Å². The van der Waals surface area contributed by atoms with Crippen LogP contribution in [0.1, 0.15) is 30.3 Å². The molecule has 2 N–H and O–H groups in total. The molecule has 1 fully saturated rings. The number of pyridine rings is 1. The monoisotopic (exact) mass is 234 g/mol. The standard InChI is InChI=1S/C11H14N4S/c12-8-4-5-10-13-14-11(15(10)7-8)9-3-1-2-6-16-9/h4-5,7,9H,1-3,6,12H2. The second kappa shape index (κ2) is 3.97. The van der Waals surface area contributed by atoms with Crippen molar-refractivity contribution in [2.24, 2.45) is 0 Å². The topological polar surface area (TPSA) is 56.2 Å². The Morgan fingerprint density at radius 2 is 2.25 bits per heavy atom. The maximum absolute atomic E-state index is 5.80. The van der Waals surface area contributed by atoms with Gasteiger partial charge in [-0.1, -0.05) is 6.42 Å². The Balaban J connectivity index is 2.05. The molecule has 0 saturated carbocycles. The summed E-state index contributed by atoms with van der Waals surface area (Å²) in [4.78, 5) is 0. The van der Waals surface area contributed by atoms with Gasteiger partial charge in [-0.2, -0.15) is 11.8 Å². The predicted molar refractivity (Wildman–Crippen MR) is 66.4 cm³/mol. The number of hydrogen-bond acceptors (Lipinski definition) is 4. The van der Waals surface area contributed by atoms with E-state index in [1.807, 2.05) is 34.5 Å². The third-order valence-electron chi connectivity index (χ3n) is 2.92. The fraction of sp³-hybridized carbons (Fsp3) is 0.455. The van der Waals surface area contributed by atoms with Gasteiger partial charge >= 0.3 is 0 Å². The summed E-state index contributed by atoms with van der Waals surface area (Å²) in [6.45, 7) is 0. The molecule has 84 valence electrons. The number of anilines is 1. The van der Waals surface area contributed by atoms with Crippen LogP contribution in [-0.4, -0.2) is 20.4 Å². The highest BCUT2D eigenvalue weighted by Crippen LogP contribution is 2.37. The lowest BCUT2D eigenvalue weighted by atomic mass is 10.2. The van der Waals surface area contributed by atoms with Crippen molar-refractivity contribution in [1.29, 1.82) is 0 Å². The van der Waals surface area contributed by atoms with Crippen molar-refractivity contribution in [1.82, 2.24) is 14.6 Å². The van der Waals surface area contributed by atoms with Gasteiger partial charge in [-0.05, 0) is 30.7 Å². The van der Waals surface area contributed by atoms with Crippen LogP contribution < -0.4 is 5.73 Å². The third-order valence-corrected chi connectivity index (χ3v) is 4.29. The van der Waals surface area contributed by atoms with Crippen LogP contribution in [0.5, 0.6) is 0 Å². The Morgan fingerprint density at radius 3 is 3.06 bits per heavy atom. The minimum absolute atomic E-state index is 0.477. The Kier molecular flexibility index (Phi) is 2.47. The van der Waals surface area contributed by atoms with Crippen molar-refractivity contribution in [3.63, 3.8) is 0 Å². The first-order valence-electron chi connectivity index (χ1n) is 5.56. The lowest BCUT2D eigenvalue weighted by molar-refractivity contribution is 0.657. The molecule has 0 spiro atoms. The summed E-state index contributed by atoms with van der Waals surface area (Å²) < 4.78 is 2.03. The van der Waals surface area contributed by atoms with E-state index < -0.39 is 0 Å². The lowest BCUT2D eigenvalue weighted by Gasteiger charge is -2.19. The molecule has 2 aromatic heterocycles. The number of hydrogen-bond donors (Lipinski definition) is 1.